The van der Waals surface area contributed by atoms with Gasteiger partial charge in [0.1, 0.15) is 0 Å². The zero-order valence-corrected chi connectivity index (χ0v) is 13.1. The fraction of sp³-hybridized carbons (Fsp3) is 0.895. The summed E-state index contributed by atoms with van der Waals surface area (Å²) in [6, 6.07) is 0. The lowest BCUT2D eigenvalue weighted by molar-refractivity contribution is -0.0826. The molecule has 3 fully saturated rings. The van der Waals surface area contributed by atoms with Crippen LogP contribution in [0.15, 0.2) is 11.6 Å². The third-order valence-corrected chi connectivity index (χ3v) is 7.59. The van der Waals surface area contributed by atoms with Gasteiger partial charge >= 0.3 is 0 Å². The van der Waals surface area contributed by atoms with E-state index in [1.807, 2.05) is 0 Å². The molecule has 0 aliphatic heterocycles. The van der Waals surface area contributed by atoms with Crippen molar-refractivity contribution < 1.29 is 13.0 Å². The molecule has 4 rings (SSSR count). The third-order valence-electron chi connectivity index (χ3n) is 7.59. The SMILES string of the molecule is [2H][C@@H](O)[C@]12CCCCC1=CC[C@@H]1[C@@H]2CC[C@@]2(C)[C@H]1CC[C@]2([2H])O. The minimum atomic E-state index is -1.30. The van der Waals surface area contributed by atoms with Crippen molar-refractivity contribution in [1.82, 2.24) is 0 Å². The summed E-state index contributed by atoms with van der Waals surface area (Å²) in [4.78, 5) is 0. The van der Waals surface area contributed by atoms with Gasteiger partial charge in [-0.2, -0.15) is 0 Å². The Hall–Kier alpha value is -0.340. The van der Waals surface area contributed by atoms with E-state index in [-0.39, 0.29) is 10.8 Å². The molecule has 4 aliphatic carbocycles. The summed E-state index contributed by atoms with van der Waals surface area (Å²) in [6.07, 6.45) is 9.64. The van der Waals surface area contributed by atoms with Gasteiger partial charge in [-0.25, -0.2) is 0 Å². The van der Waals surface area contributed by atoms with Crippen LogP contribution in [-0.4, -0.2) is 22.9 Å². The first-order valence-electron chi connectivity index (χ1n) is 9.93. The molecule has 118 valence electrons. The monoisotopic (exact) mass is 292 g/mol. The topological polar surface area (TPSA) is 40.5 Å². The fourth-order valence-electron chi connectivity index (χ4n) is 6.41. The van der Waals surface area contributed by atoms with Crippen LogP contribution in [0.2, 0.25) is 0 Å². The van der Waals surface area contributed by atoms with Crippen molar-refractivity contribution in [1.29, 1.82) is 0 Å². The average molecular weight is 292 g/mol. The molecule has 0 bridgehead atoms. The Bertz CT molecular complexity index is 529. The maximum atomic E-state index is 10.6. The number of hydrogen-bond acceptors (Lipinski definition) is 2. The minimum Gasteiger partial charge on any atom is -0.395 e. The first-order chi connectivity index (χ1) is 10.8. The van der Waals surface area contributed by atoms with E-state index in [2.05, 4.69) is 13.0 Å². The summed E-state index contributed by atoms with van der Waals surface area (Å²) in [7, 11) is 0. The van der Waals surface area contributed by atoms with Crippen molar-refractivity contribution in [3.8, 4) is 0 Å². The zero-order valence-electron chi connectivity index (χ0n) is 15.1. The Morgan fingerprint density at radius 3 is 2.95 bits per heavy atom. The highest BCUT2D eigenvalue weighted by molar-refractivity contribution is 5.25. The highest BCUT2D eigenvalue weighted by Gasteiger charge is 2.59. The second kappa shape index (κ2) is 4.83. The summed E-state index contributed by atoms with van der Waals surface area (Å²) in [6.45, 7) is 1.08. The lowest BCUT2D eigenvalue weighted by atomic mass is 9.47. The molecule has 2 heteroatoms. The predicted octanol–water partition coefficient (Wildman–Crippen LogP) is 3.67. The van der Waals surface area contributed by atoms with Crippen molar-refractivity contribution in [3.05, 3.63) is 11.6 Å². The Kier molecular flexibility index (Phi) is 2.79. The summed E-state index contributed by atoms with van der Waals surface area (Å²) >= 11 is 0. The van der Waals surface area contributed by atoms with Crippen LogP contribution in [0, 0.1) is 28.6 Å². The fourth-order valence-corrected chi connectivity index (χ4v) is 6.41. The molecule has 0 aromatic rings. The number of fused-ring (bicyclic) bond motifs is 5. The summed E-state index contributed by atoms with van der Waals surface area (Å²) in [5.74, 6) is 1.15. The van der Waals surface area contributed by atoms with Crippen molar-refractivity contribution in [3.63, 3.8) is 0 Å². The van der Waals surface area contributed by atoms with Gasteiger partial charge in [0.15, 0.2) is 0 Å². The van der Waals surface area contributed by atoms with E-state index in [4.69, 9.17) is 2.74 Å². The Morgan fingerprint density at radius 2 is 2.14 bits per heavy atom. The van der Waals surface area contributed by atoms with Crippen molar-refractivity contribution in [2.45, 2.75) is 70.8 Å². The van der Waals surface area contributed by atoms with Gasteiger partial charge < -0.3 is 10.2 Å². The molecule has 0 spiro atoms. The van der Waals surface area contributed by atoms with Gasteiger partial charge in [-0.1, -0.05) is 25.0 Å². The molecule has 21 heavy (non-hydrogen) atoms. The van der Waals surface area contributed by atoms with E-state index in [0.29, 0.717) is 24.2 Å². The van der Waals surface area contributed by atoms with Gasteiger partial charge in [0.2, 0.25) is 0 Å². The molecular formula is C19H30O2. The van der Waals surface area contributed by atoms with E-state index in [1.165, 1.54) is 12.0 Å². The van der Waals surface area contributed by atoms with Crippen molar-refractivity contribution in [2.75, 3.05) is 6.58 Å². The Morgan fingerprint density at radius 1 is 1.29 bits per heavy atom. The Labute approximate surface area is 131 Å². The van der Waals surface area contributed by atoms with E-state index < -0.39 is 12.7 Å². The highest BCUT2D eigenvalue weighted by Crippen LogP contribution is 2.64. The van der Waals surface area contributed by atoms with E-state index in [0.717, 1.165) is 44.9 Å². The second-order valence-corrected chi connectivity index (χ2v) is 8.16. The molecule has 0 aromatic heterocycles. The largest absolute Gasteiger partial charge is 0.395 e. The van der Waals surface area contributed by atoms with Crippen molar-refractivity contribution >= 4 is 0 Å². The molecule has 2 nitrogen and oxygen atoms in total. The smallest absolute Gasteiger partial charge is 0.0606 e. The number of allylic oxidation sites excluding steroid dienone is 1. The van der Waals surface area contributed by atoms with Crippen LogP contribution in [0.1, 0.15) is 67.5 Å². The van der Waals surface area contributed by atoms with Crippen LogP contribution in [0.5, 0.6) is 0 Å². The highest BCUT2D eigenvalue weighted by atomic mass is 16.3. The van der Waals surface area contributed by atoms with Gasteiger partial charge in [-0.15, -0.1) is 0 Å². The molecule has 0 saturated heterocycles. The van der Waals surface area contributed by atoms with Crippen molar-refractivity contribution in [2.24, 2.45) is 28.6 Å². The van der Waals surface area contributed by atoms with E-state index >= 15 is 0 Å². The summed E-state index contributed by atoms with van der Waals surface area (Å²) in [5.41, 5.74) is 0.684. The molecule has 0 unspecified atom stereocenters. The van der Waals surface area contributed by atoms with Crippen LogP contribution in [-0.2, 0) is 0 Å². The van der Waals surface area contributed by atoms with E-state index in [1.54, 1.807) is 0 Å². The summed E-state index contributed by atoms with van der Waals surface area (Å²) in [5, 5.41) is 21.1. The number of hydrogen-bond donors (Lipinski definition) is 2. The molecular weight excluding hydrogens is 260 g/mol. The third kappa shape index (κ3) is 1.78. The predicted molar refractivity (Wildman–Crippen MR) is 83.7 cm³/mol. The van der Waals surface area contributed by atoms with Gasteiger partial charge in [-0.05, 0) is 74.5 Å². The van der Waals surface area contributed by atoms with Gasteiger partial charge in [0, 0.05) is 5.41 Å². The molecule has 2 N–H and O–H groups in total. The van der Waals surface area contributed by atoms with Crippen LogP contribution < -0.4 is 0 Å². The van der Waals surface area contributed by atoms with Crippen LogP contribution in [0.4, 0.5) is 0 Å². The number of aliphatic hydroxyl groups is 2. The lowest BCUT2D eigenvalue weighted by Gasteiger charge is -2.57. The summed E-state index contributed by atoms with van der Waals surface area (Å²) < 4.78 is 16.6. The molecule has 3 saturated carbocycles. The lowest BCUT2D eigenvalue weighted by Crippen LogP contribution is -2.52. The standard InChI is InChI=1S/C19H30O2/c1-18-11-9-16-14(15(18)7-8-17(18)21)6-5-13-4-2-3-10-19(13,16)12-20/h5,14-17,20-21H,2-4,6-12H2,1H3/t14-,15-,16-,17-,18-,19+/m0/s1/i12D,17D/t12-,14+,15+,16+,17+,18+,19-/m1. The second-order valence-electron chi connectivity index (χ2n) is 8.16. The molecule has 0 heterocycles. The molecule has 0 amide bonds. The van der Waals surface area contributed by atoms with E-state index in [9.17, 15) is 10.2 Å². The maximum Gasteiger partial charge on any atom is 0.0606 e. The van der Waals surface area contributed by atoms with Gasteiger partial charge in [0.25, 0.3) is 0 Å². The normalized spacial score (nSPS) is 59.0. The van der Waals surface area contributed by atoms with Gasteiger partial charge in [0.05, 0.1) is 15.4 Å². The molecule has 4 aliphatic rings. The molecule has 0 aromatic carbocycles. The zero-order chi connectivity index (χ0) is 16.5. The average Bonchev–Trinajstić information content (AvgIpc) is 2.77. The van der Waals surface area contributed by atoms with Crippen LogP contribution in [0.3, 0.4) is 0 Å². The Balaban J connectivity index is 1.75. The van der Waals surface area contributed by atoms with Crippen LogP contribution in [0.25, 0.3) is 0 Å². The molecule has 7 atom stereocenters. The maximum absolute atomic E-state index is 10.6. The quantitative estimate of drug-likeness (QED) is 0.724. The minimum absolute atomic E-state index is 0.317. The van der Waals surface area contributed by atoms with Gasteiger partial charge in [-0.3, -0.25) is 0 Å². The molecule has 0 radical (unpaired) electrons. The first-order valence-corrected chi connectivity index (χ1v) is 8.85. The van der Waals surface area contributed by atoms with Crippen LogP contribution >= 0.6 is 0 Å². The number of rotatable bonds is 1. The number of aliphatic hydroxyl groups excluding tert-OH is 1. The first kappa shape index (κ1) is 12.1.